The highest BCUT2D eigenvalue weighted by Crippen LogP contribution is 2.30. The first-order chi connectivity index (χ1) is 9.29. The van der Waals surface area contributed by atoms with Gasteiger partial charge in [0.1, 0.15) is 4.21 Å². The minimum atomic E-state index is -3.74. The molecule has 0 saturated heterocycles. The van der Waals surface area contributed by atoms with Crippen LogP contribution in [0.4, 0.5) is 5.69 Å². The number of thiophene rings is 1. The number of aromatic carboxylic acids is 1. The van der Waals surface area contributed by atoms with Gasteiger partial charge in [0.25, 0.3) is 10.0 Å². The van der Waals surface area contributed by atoms with Gasteiger partial charge in [-0.2, -0.15) is 0 Å². The monoisotopic (exact) mass is 395 g/mol. The molecule has 0 amide bonds. The first-order valence-electron chi connectivity index (χ1n) is 5.10. The van der Waals surface area contributed by atoms with Crippen LogP contribution >= 0.6 is 38.9 Å². The van der Waals surface area contributed by atoms with E-state index in [4.69, 9.17) is 16.7 Å². The molecule has 106 valence electrons. The Morgan fingerprint density at radius 3 is 2.50 bits per heavy atom. The number of anilines is 1. The SMILES string of the molecule is O=C(O)c1ccc(NS(=O)(=O)c2ccc(Cl)s2)c(Br)c1. The van der Waals surface area contributed by atoms with Crippen molar-refractivity contribution in [3.8, 4) is 0 Å². The van der Waals surface area contributed by atoms with E-state index in [9.17, 15) is 13.2 Å². The number of benzene rings is 1. The Kier molecular flexibility index (Phi) is 4.38. The quantitative estimate of drug-likeness (QED) is 0.826. The fourth-order valence-corrected chi connectivity index (χ4v) is 4.54. The first-order valence-corrected chi connectivity index (χ1v) is 8.57. The third kappa shape index (κ3) is 3.32. The number of hydrogen-bond acceptors (Lipinski definition) is 4. The van der Waals surface area contributed by atoms with Gasteiger partial charge in [-0.3, -0.25) is 4.72 Å². The molecule has 0 aliphatic rings. The topological polar surface area (TPSA) is 83.5 Å². The lowest BCUT2D eigenvalue weighted by atomic mass is 10.2. The van der Waals surface area contributed by atoms with Gasteiger partial charge in [-0.05, 0) is 46.3 Å². The van der Waals surface area contributed by atoms with Crippen molar-refractivity contribution in [3.63, 3.8) is 0 Å². The van der Waals surface area contributed by atoms with E-state index in [-0.39, 0.29) is 15.5 Å². The first kappa shape index (κ1) is 15.3. The van der Waals surface area contributed by atoms with Gasteiger partial charge in [0.05, 0.1) is 15.6 Å². The summed E-state index contributed by atoms with van der Waals surface area (Å²) in [5.41, 5.74) is 0.304. The van der Waals surface area contributed by atoms with Crippen LogP contribution in [0.25, 0.3) is 0 Å². The summed E-state index contributed by atoms with van der Waals surface area (Å²) in [5.74, 6) is -1.09. The van der Waals surface area contributed by atoms with Crippen LogP contribution < -0.4 is 4.72 Å². The van der Waals surface area contributed by atoms with Gasteiger partial charge in [-0.1, -0.05) is 11.6 Å². The molecule has 1 heterocycles. The van der Waals surface area contributed by atoms with Gasteiger partial charge in [-0.15, -0.1) is 11.3 Å². The predicted molar refractivity (Wildman–Crippen MR) is 81.2 cm³/mol. The molecule has 1 aromatic heterocycles. The zero-order valence-corrected chi connectivity index (χ0v) is 13.6. The Hall–Kier alpha value is -1.09. The molecule has 2 aromatic rings. The number of nitrogens with one attached hydrogen (secondary N) is 1. The minimum absolute atomic E-state index is 0.0546. The number of sulfonamides is 1. The van der Waals surface area contributed by atoms with E-state index in [1.54, 1.807) is 0 Å². The summed E-state index contributed by atoms with van der Waals surface area (Å²) >= 11 is 9.77. The fraction of sp³-hybridized carbons (Fsp3) is 0. The van der Waals surface area contributed by atoms with Gasteiger partial charge in [-0.25, -0.2) is 13.2 Å². The van der Waals surface area contributed by atoms with Crippen LogP contribution in [-0.4, -0.2) is 19.5 Å². The van der Waals surface area contributed by atoms with Crippen LogP contribution in [0.5, 0.6) is 0 Å². The van der Waals surface area contributed by atoms with Crippen LogP contribution in [0.15, 0.2) is 39.0 Å². The molecule has 0 spiro atoms. The maximum absolute atomic E-state index is 12.1. The average molecular weight is 397 g/mol. The van der Waals surface area contributed by atoms with Gasteiger partial charge >= 0.3 is 5.97 Å². The number of carbonyl (C=O) groups is 1. The van der Waals surface area contributed by atoms with Crippen molar-refractivity contribution in [3.05, 3.63) is 44.7 Å². The molecule has 0 saturated carbocycles. The number of carboxylic acid groups (broad SMARTS) is 1. The minimum Gasteiger partial charge on any atom is -0.478 e. The van der Waals surface area contributed by atoms with Crippen molar-refractivity contribution >= 4 is 60.5 Å². The number of rotatable bonds is 4. The summed E-state index contributed by atoms with van der Waals surface area (Å²) in [5, 5.41) is 8.84. The highest BCUT2D eigenvalue weighted by molar-refractivity contribution is 9.10. The van der Waals surface area contributed by atoms with Crippen molar-refractivity contribution in [2.75, 3.05) is 4.72 Å². The zero-order chi connectivity index (χ0) is 14.9. The second-order valence-corrected chi connectivity index (χ2v) is 8.14. The van der Waals surface area contributed by atoms with Crippen molar-refractivity contribution in [1.82, 2.24) is 0 Å². The number of carboxylic acids is 1. The third-order valence-electron chi connectivity index (χ3n) is 2.27. The van der Waals surface area contributed by atoms with Crippen LogP contribution in [0.2, 0.25) is 4.34 Å². The standard InChI is InChI=1S/C11H7BrClNO4S2/c12-7-5-6(11(15)16)1-2-8(7)14-20(17,18)10-4-3-9(13)19-10/h1-5,14H,(H,15,16). The summed E-state index contributed by atoms with van der Waals surface area (Å²) in [6, 6.07) is 6.90. The summed E-state index contributed by atoms with van der Waals surface area (Å²) in [6.07, 6.45) is 0. The van der Waals surface area contributed by atoms with Crippen LogP contribution in [0, 0.1) is 0 Å². The molecule has 0 aliphatic heterocycles. The predicted octanol–water partition coefficient (Wildman–Crippen LogP) is 3.66. The van der Waals surface area contributed by atoms with E-state index in [2.05, 4.69) is 20.7 Å². The van der Waals surface area contributed by atoms with Crippen LogP contribution in [-0.2, 0) is 10.0 Å². The van der Waals surface area contributed by atoms with Crippen molar-refractivity contribution in [2.45, 2.75) is 4.21 Å². The lowest BCUT2D eigenvalue weighted by Crippen LogP contribution is -2.12. The van der Waals surface area contributed by atoms with Gasteiger partial charge in [0.2, 0.25) is 0 Å². The Morgan fingerprint density at radius 2 is 2.00 bits per heavy atom. The molecule has 0 atom stereocenters. The number of hydrogen-bond donors (Lipinski definition) is 2. The van der Waals surface area contributed by atoms with E-state index < -0.39 is 16.0 Å². The molecule has 1 aromatic carbocycles. The molecule has 0 radical (unpaired) electrons. The molecule has 5 nitrogen and oxygen atoms in total. The molecule has 0 unspecified atom stereocenters. The fourth-order valence-electron chi connectivity index (χ4n) is 1.37. The zero-order valence-electron chi connectivity index (χ0n) is 9.63. The van der Waals surface area contributed by atoms with E-state index in [0.717, 1.165) is 11.3 Å². The highest BCUT2D eigenvalue weighted by Gasteiger charge is 2.18. The smallest absolute Gasteiger partial charge is 0.335 e. The van der Waals surface area contributed by atoms with Crippen molar-refractivity contribution in [2.24, 2.45) is 0 Å². The average Bonchev–Trinajstić information content (AvgIpc) is 2.79. The second-order valence-electron chi connectivity index (χ2n) is 3.66. The largest absolute Gasteiger partial charge is 0.478 e. The third-order valence-corrected chi connectivity index (χ3v) is 6.02. The van der Waals surface area contributed by atoms with Crippen LogP contribution in [0.3, 0.4) is 0 Å². The maximum Gasteiger partial charge on any atom is 0.335 e. The lowest BCUT2D eigenvalue weighted by molar-refractivity contribution is 0.0697. The van der Waals surface area contributed by atoms with Gasteiger partial charge in [0, 0.05) is 4.47 Å². The summed E-state index contributed by atoms with van der Waals surface area (Å²) in [6.45, 7) is 0. The maximum atomic E-state index is 12.1. The van der Waals surface area contributed by atoms with E-state index in [1.165, 1.54) is 30.3 Å². The van der Waals surface area contributed by atoms with Gasteiger partial charge in [0.15, 0.2) is 0 Å². The Bertz CT molecular complexity index is 772. The Balaban J connectivity index is 2.32. The highest BCUT2D eigenvalue weighted by atomic mass is 79.9. The summed E-state index contributed by atoms with van der Waals surface area (Å²) < 4.78 is 27.3. The molecule has 0 aliphatic carbocycles. The van der Waals surface area contributed by atoms with E-state index in [0.29, 0.717) is 8.81 Å². The summed E-state index contributed by atoms with van der Waals surface area (Å²) in [7, 11) is -3.74. The molecule has 9 heteroatoms. The van der Waals surface area contributed by atoms with Crippen LogP contribution in [0.1, 0.15) is 10.4 Å². The Labute approximate surface area is 132 Å². The molecular weight excluding hydrogens is 390 g/mol. The van der Waals surface area contributed by atoms with Gasteiger partial charge < -0.3 is 5.11 Å². The summed E-state index contributed by atoms with van der Waals surface area (Å²) in [4.78, 5) is 10.8. The van der Waals surface area contributed by atoms with Crippen molar-refractivity contribution < 1.29 is 18.3 Å². The molecule has 2 rings (SSSR count). The molecule has 0 fully saturated rings. The number of halogens is 2. The molecule has 2 N–H and O–H groups in total. The molecule has 0 bridgehead atoms. The normalized spacial score (nSPS) is 11.3. The Morgan fingerprint density at radius 1 is 1.30 bits per heavy atom. The second kappa shape index (κ2) is 5.72. The van der Waals surface area contributed by atoms with E-state index >= 15 is 0 Å². The molecule has 20 heavy (non-hydrogen) atoms. The van der Waals surface area contributed by atoms with Crippen molar-refractivity contribution in [1.29, 1.82) is 0 Å². The van der Waals surface area contributed by atoms with E-state index in [1.807, 2.05) is 0 Å². The lowest BCUT2D eigenvalue weighted by Gasteiger charge is -2.08. The molecular formula is C11H7BrClNO4S2.